The van der Waals surface area contributed by atoms with Gasteiger partial charge in [-0.25, -0.2) is 4.98 Å². The molecule has 0 spiro atoms. The van der Waals surface area contributed by atoms with E-state index in [2.05, 4.69) is 10.3 Å². The highest BCUT2D eigenvalue weighted by molar-refractivity contribution is 5.00. The van der Waals surface area contributed by atoms with Gasteiger partial charge in [0, 0.05) is 0 Å². The van der Waals surface area contributed by atoms with Gasteiger partial charge in [-0.2, -0.15) is 0 Å². The first kappa shape index (κ1) is 5.88. The average Bonchev–Trinajstić information content (AvgIpc) is 2.59. The van der Waals surface area contributed by atoms with Crippen molar-refractivity contribution in [1.82, 2.24) is 10.3 Å². The maximum Gasteiger partial charge on any atom is 0.180 e. The maximum absolute atomic E-state index is 5.09. The highest BCUT2D eigenvalue weighted by Gasteiger charge is 2.18. The molecule has 4 nitrogen and oxygen atoms in total. The zero-order chi connectivity index (χ0) is 6.81. The van der Waals surface area contributed by atoms with Crippen molar-refractivity contribution in [1.29, 1.82) is 0 Å². The molecular weight excluding hydrogens is 132 g/mol. The first-order chi connectivity index (χ1) is 4.97. The smallest absolute Gasteiger partial charge is 0.180 e. The number of nitrogens with zero attached hydrogens (tertiary/aromatic N) is 1. The van der Waals surface area contributed by atoms with Crippen LogP contribution < -0.4 is 5.32 Å². The fourth-order valence-corrected chi connectivity index (χ4v) is 0.979. The molecule has 0 amide bonds. The largest absolute Gasteiger partial charge is 0.451 e. The normalized spacial score (nSPS) is 25.4. The van der Waals surface area contributed by atoms with Crippen molar-refractivity contribution < 1.29 is 9.15 Å². The molecule has 0 aliphatic carbocycles. The Kier molecular flexibility index (Phi) is 1.41. The van der Waals surface area contributed by atoms with Gasteiger partial charge in [-0.1, -0.05) is 0 Å². The Labute approximate surface area is 58.2 Å². The summed E-state index contributed by atoms with van der Waals surface area (Å²) in [5.74, 6) is 0. The molecule has 0 bridgehead atoms. The third-order valence-corrected chi connectivity index (χ3v) is 1.52. The van der Waals surface area contributed by atoms with Crippen LogP contribution in [-0.4, -0.2) is 18.3 Å². The van der Waals surface area contributed by atoms with Crippen LogP contribution in [0.4, 0.5) is 0 Å². The van der Waals surface area contributed by atoms with Crippen molar-refractivity contribution >= 4 is 0 Å². The molecule has 1 aliphatic heterocycles. The number of aromatic nitrogens is 1. The SMILES string of the molecule is c1nc(C2COCN2)co1. The molecule has 1 N–H and O–H groups in total. The van der Waals surface area contributed by atoms with Crippen molar-refractivity contribution in [3.05, 3.63) is 18.4 Å². The molecule has 54 valence electrons. The highest BCUT2D eigenvalue weighted by atomic mass is 16.5. The van der Waals surface area contributed by atoms with Crippen molar-refractivity contribution in [3.63, 3.8) is 0 Å². The second kappa shape index (κ2) is 2.40. The van der Waals surface area contributed by atoms with E-state index in [-0.39, 0.29) is 6.04 Å². The molecule has 1 atom stereocenters. The van der Waals surface area contributed by atoms with Crippen molar-refractivity contribution in [2.24, 2.45) is 0 Å². The summed E-state index contributed by atoms with van der Waals surface area (Å²) in [7, 11) is 0. The molecule has 10 heavy (non-hydrogen) atoms. The maximum atomic E-state index is 5.09. The van der Waals surface area contributed by atoms with E-state index in [0.29, 0.717) is 13.3 Å². The van der Waals surface area contributed by atoms with E-state index in [9.17, 15) is 0 Å². The van der Waals surface area contributed by atoms with E-state index in [0.717, 1.165) is 5.69 Å². The Balaban J connectivity index is 2.12. The second-order valence-electron chi connectivity index (χ2n) is 2.19. The fourth-order valence-electron chi connectivity index (χ4n) is 0.979. The topological polar surface area (TPSA) is 47.3 Å². The highest BCUT2D eigenvalue weighted by Crippen LogP contribution is 2.13. The van der Waals surface area contributed by atoms with Crippen LogP contribution in [-0.2, 0) is 4.74 Å². The Morgan fingerprint density at radius 1 is 1.70 bits per heavy atom. The molecule has 0 aromatic carbocycles. The minimum absolute atomic E-state index is 0.221. The summed E-state index contributed by atoms with van der Waals surface area (Å²) in [6.45, 7) is 1.30. The minimum Gasteiger partial charge on any atom is -0.451 e. The summed E-state index contributed by atoms with van der Waals surface area (Å²) >= 11 is 0. The van der Waals surface area contributed by atoms with Gasteiger partial charge in [0.05, 0.1) is 25.1 Å². The lowest BCUT2D eigenvalue weighted by atomic mass is 10.2. The van der Waals surface area contributed by atoms with E-state index in [4.69, 9.17) is 9.15 Å². The van der Waals surface area contributed by atoms with Gasteiger partial charge in [0.25, 0.3) is 0 Å². The van der Waals surface area contributed by atoms with E-state index in [1.165, 1.54) is 6.39 Å². The predicted octanol–water partition coefficient (Wildman–Crippen LogP) is 0.293. The number of rotatable bonds is 1. The molecule has 1 aliphatic rings. The van der Waals surface area contributed by atoms with Crippen LogP contribution in [0.1, 0.15) is 11.7 Å². The van der Waals surface area contributed by atoms with E-state index in [1.54, 1.807) is 6.26 Å². The van der Waals surface area contributed by atoms with Gasteiger partial charge in [-0.15, -0.1) is 0 Å². The number of hydrogen-bond acceptors (Lipinski definition) is 4. The van der Waals surface area contributed by atoms with Gasteiger partial charge in [0.15, 0.2) is 6.39 Å². The van der Waals surface area contributed by atoms with Crippen LogP contribution in [0.2, 0.25) is 0 Å². The van der Waals surface area contributed by atoms with Gasteiger partial charge in [-0.3, -0.25) is 5.32 Å². The fraction of sp³-hybridized carbons (Fsp3) is 0.500. The minimum atomic E-state index is 0.221. The summed E-state index contributed by atoms with van der Waals surface area (Å²) in [5.41, 5.74) is 0.914. The van der Waals surface area contributed by atoms with Crippen LogP contribution in [0.3, 0.4) is 0 Å². The number of nitrogens with one attached hydrogen (secondary N) is 1. The molecule has 1 aromatic heterocycles. The second-order valence-corrected chi connectivity index (χ2v) is 2.19. The molecule has 1 fully saturated rings. The molecule has 1 unspecified atom stereocenters. The van der Waals surface area contributed by atoms with Gasteiger partial charge in [-0.05, 0) is 0 Å². The molecule has 1 aromatic rings. The predicted molar refractivity (Wildman–Crippen MR) is 33.2 cm³/mol. The summed E-state index contributed by atoms with van der Waals surface area (Å²) in [5, 5.41) is 3.11. The lowest BCUT2D eigenvalue weighted by molar-refractivity contribution is 0.189. The molecule has 2 rings (SSSR count). The Morgan fingerprint density at radius 3 is 3.30 bits per heavy atom. The lowest BCUT2D eigenvalue weighted by Gasteiger charge is -2.00. The Bertz CT molecular complexity index is 192. The molecule has 0 saturated carbocycles. The quantitative estimate of drug-likeness (QED) is 0.609. The summed E-state index contributed by atoms with van der Waals surface area (Å²) < 4.78 is 9.91. The first-order valence-corrected chi connectivity index (χ1v) is 3.16. The monoisotopic (exact) mass is 140 g/mol. The van der Waals surface area contributed by atoms with E-state index >= 15 is 0 Å². The third-order valence-electron chi connectivity index (χ3n) is 1.52. The first-order valence-electron chi connectivity index (χ1n) is 3.16. The van der Waals surface area contributed by atoms with Crippen molar-refractivity contribution in [2.75, 3.05) is 13.3 Å². The van der Waals surface area contributed by atoms with Gasteiger partial charge in [0.1, 0.15) is 6.26 Å². The van der Waals surface area contributed by atoms with E-state index < -0.39 is 0 Å². The summed E-state index contributed by atoms with van der Waals surface area (Å²) in [6.07, 6.45) is 3.06. The molecular formula is C6H8N2O2. The van der Waals surface area contributed by atoms with E-state index in [1.807, 2.05) is 0 Å². The van der Waals surface area contributed by atoms with Crippen molar-refractivity contribution in [3.8, 4) is 0 Å². The van der Waals surface area contributed by atoms with Crippen LogP contribution in [0.25, 0.3) is 0 Å². The average molecular weight is 140 g/mol. The standard InChI is InChI=1S/C6H8N2O2/c1-5(7-3-9-1)6-2-10-4-8-6/h1,3,6,8H,2,4H2. The number of oxazole rings is 1. The number of ether oxygens (including phenoxy) is 1. The van der Waals surface area contributed by atoms with Gasteiger partial charge >= 0.3 is 0 Å². The lowest BCUT2D eigenvalue weighted by Crippen LogP contribution is -2.14. The molecule has 4 heteroatoms. The van der Waals surface area contributed by atoms with Crippen molar-refractivity contribution in [2.45, 2.75) is 6.04 Å². The zero-order valence-electron chi connectivity index (χ0n) is 5.41. The van der Waals surface area contributed by atoms with Crippen LogP contribution in [0, 0.1) is 0 Å². The van der Waals surface area contributed by atoms with Crippen LogP contribution >= 0.6 is 0 Å². The molecule has 0 radical (unpaired) electrons. The third kappa shape index (κ3) is 0.913. The van der Waals surface area contributed by atoms with Gasteiger partial charge in [0.2, 0.25) is 0 Å². The molecule has 1 saturated heterocycles. The Hall–Kier alpha value is -0.870. The number of hydrogen-bond donors (Lipinski definition) is 1. The zero-order valence-corrected chi connectivity index (χ0v) is 5.41. The summed E-state index contributed by atoms with van der Waals surface area (Å²) in [4.78, 5) is 3.99. The summed E-state index contributed by atoms with van der Waals surface area (Å²) in [6, 6.07) is 0.221. The Morgan fingerprint density at radius 2 is 2.70 bits per heavy atom. The molecule has 2 heterocycles. The van der Waals surface area contributed by atoms with Gasteiger partial charge < -0.3 is 9.15 Å². The van der Waals surface area contributed by atoms with Crippen LogP contribution in [0.15, 0.2) is 17.1 Å². The van der Waals surface area contributed by atoms with Crippen LogP contribution in [0.5, 0.6) is 0 Å².